The molecule has 1 saturated heterocycles. The third kappa shape index (κ3) is 3.55. The molecular weight excluding hydrogens is 228 g/mol. The predicted molar refractivity (Wildman–Crippen MR) is 70.0 cm³/mol. The molecule has 0 saturated carbocycles. The zero-order chi connectivity index (χ0) is 12.8. The van der Waals surface area contributed by atoms with Crippen molar-refractivity contribution in [1.29, 1.82) is 0 Å². The van der Waals surface area contributed by atoms with Crippen molar-refractivity contribution >= 4 is 5.91 Å². The minimum absolute atomic E-state index is 0.0391. The van der Waals surface area contributed by atoms with Gasteiger partial charge in [-0.3, -0.25) is 4.79 Å². The SMILES string of the molecule is O=C(NC[C@@H](O)c1ccccc1)C1CCCNC1. The van der Waals surface area contributed by atoms with E-state index >= 15 is 0 Å². The number of aliphatic hydroxyl groups is 1. The van der Waals surface area contributed by atoms with Crippen molar-refractivity contribution in [3.8, 4) is 0 Å². The monoisotopic (exact) mass is 248 g/mol. The van der Waals surface area contributed by atoms with Crippen LogP contribution in [0.4, 0.5) is 0 Å². The molecule has 2 atom stereocenters. The highest BCUT2D eigenvalue weighted by molar-refractivity contribution is 5.79. The van der Waals surface area contributed by atoms with E-state index in [9.17, 15) is 9.90 Å². The zero-order valence-corrected chi connectivity index (χ0v) is 10.4. The lowest BCUT2D eigenvalue weighted by Gasteiger charge is -2.22. The van der Waals surface area contributed by atoms with Crippen LogP contribution in [0.5, 0.6) is 0 Å². The lowest BCUT2D eigenvalue weighted by Crippen LogP contribution is -2.41. The minimum Gasteiger partial charge on any atom is -0.387 e. The summed E-state index contributed by atoms with van der Waals surface area (Å²) in [5, 5.41) is 16.0. The highest BCUT2D eigenvalue weighted by Crippen LogP contribution is 2.12. The molecule has 4 heteroatoms. The van der Waals surface area contributed by atoms with E-state index in [-0.39, 0.29) is 18.4 Å². The molecular formula is C14H20N2O2. The fourth-order valence-electron chi connectivity index (χ4n) is 2.21. The lowest BCUT2D eigenvalue weighted by molar-refractivity contribution is -0.125. The van der Waals surface area contributed by atoms with E-state index in [2.05, 4.69) is 10.6 Å². The van der Waals surface area contributed by atoms with Gasteiger partial charge >= 0.3 is 0 Å². The van der Waals surface area contributed by atoms with Gasteiger partial charge in [-0.05, 0) is 24.9 Å². The number of benzene rings is 1. The summed E-state index contributed by atoms with van der Waals surface area (Å²) in [5.41, 5.74) is 0.833. The van der Waals surface area contributed by atoms with Crippen LogP contribution in [0.1, 0.15) is 24.5 Å². The molecule has 4 nitrogen and oxygen atoms in total. The smallest absolute Gasteiger partial charge is 0.224 e. The topological polar surface area (TPSA) is 61.4 Å². The Morgan fingerprint density at radius 2 is 2.22 bits per heavy atom. The first-order valence-corrected chi connectivity index (χ1v) is 6.49. The lowest BCUT2D eigenvalue weighted by atomic mass is 9.98. The van der Waals surface area contributed by atoms with Gasteiger partial charge in [0.25, 0.3) is 0 Å². The van der Waals surface area contributed by atoms with E-state index in [1.807, 2.05) is 30.3 Å². The second kappa shape index (κ2) is 6.52. The maximum absolute atomic E-state index is 11.9. The molecule has 98 valence electrons. The molecule has 0 aromatic heterocycles. The van der Waals surface area contributed by atoms with Crippen LogP contribution in [0.3, 0.4) is 0 Å². The minimum atomic E-state index is -0.633. The number of nitrogens with one attached hydrogen (secondary N) is 2. The van der Waals surface area contributed by atoms with E-state index in [1.54, 1.807) is 0 Å². The van der Waals surface area contributed by atoms with E-state index in [1.165, 1.54) is 0 Å². The van der Waals surface area contributed by atoms with Crippen molar-refractivity contribution in [2.45, 2.75) is 18.9 Å². The molecule has 0 aliphatic carbocycles. The maximum atomic E-state index is 11.9. The Morgan fingerprint density at radius 3 is 2.89 bits per heavy atom. The molecule has 18 heavy (non-hydrogen) atoms. The van der Waals surface area contributed by atoms with Crippen LogP contribution in [0.15, 0.2) is 30.3 Å². The molecule has 1 aliphatic heterocycles. The fourth-order valence-corrected chi connectivity index (χ4v) is 2.21. The summed E-state index contributed by atoms with van der Waals surface area (Å²) in [5.74, 6) is 0.0823. The largest absolute Gasteiger partial charge is 0.387 e. The number of hydrogen-bond acceptors (Lipinski definition) is 3. The Balaban J connectivity index is 1.78. The molecule has 0 bridgehead atoms. The number of piperidine rings is 1. The molecule has 1 aromatic carbocycles. The highest BCUT2D eigenvalue weighted by atomic mass is 16.3. The third-order valence-corrected chi connectivity index (χ3v) is 3.32. The van der Waals surface area contributed by atoms with Crippen LogP contribution in [0.2, 0.25) is 0 Å². The van der Waals surface area contributed by atoms with Gasteiger partial charge in [0.05, 0.1) is 12.0 Å². The van der Waals surface area contributed by atoms with Gasteiger partial charge in [0.2, 0.25) is 5.91 Å². The molecule has 1 amide bonds. The van der Waals surface area contributed by atoms with Gasteiger partial charge in [0.15, 0.2) is 0 Å². The molecule has 1 aliphatic rings. The fraction of sp³-hybridized carbons (Fsp3) is 0.500. The number of carbonyl (C=O) groups is 1. The summed E-state index contributed by atoms with van der Waals surface area (Å²) >= 11 is 0. The second-order valence-electron chi connectivity index (χ2n) is 4.71. The van der Waals surface area contributed by atoms with Crippen molar-refractivity contribution in [1.82, 2.24) is 10.6 Å². The van der Waals surface area contributed by atoms with Gasteiger partial charge in [0, 0.05) is 13.1 Å². The highest BCUT2D eigenvalue weighted by Gasteiger charge is 2.21. The van der Waals surface area contributed by atoms with Crippen LogP contribution in [-0.4, -0.2) is 30.6 Å². The second-order valence-corrected chi connectivity index (χ2v) is 4.71. The third-order valence-electron chi connectivity index (χ3n) is 3.32. The number of rotatable bonds is 4. The maximum Gasteiger partial charge on any atom is 0.224 e. The van der Waals surface area contributed by atoms with Crippen LogP contribution in [0, 0.1) is 5.92 Å². The molecule has 1 fully saturated rings. The van der Waals surface area contributed by atoms with Crippen LogP contribution in [-0.2, 0) is 4.79 Å². The summed E-state index contributed by atoms with van der Waals surface area (Å²) in [7, 11) is 0. The van der Waals surface area contributed by atoms with Crippen LogP contribution >= 0.6 is 0 Å². The summed E-state index contributed by atoms with van der Waals surface area (Å²) in [4.78, 5) is 11.9. The number of hydrogen-bond donors (Lipinski definition) is 3. The summed E-state index contributed by atoms with van der Waals surface area (Å²) < 4.78 is 0. The van der Waals surface area contributed by atoms with Gasteiger partial charge in [-0.1, -0.05) is 30.3 Å². The van der Waals surface area contributed by atoms with Crippen LogP contribution < -0.4 is 10.6 Å². The standard InChI is InChI=1S/C14H20N2O2/c17-13(11-5-2-1-3-6-11)10-16-14(18)12-7-4-8-15-9-12/h1-3,5-6,12-13,15,17H,4,7-10H2,(H,16,18)/t12?,13-/m1/s1. The average molecular weight is 248 g/mol. The quantitative estimate of drug-likeness (QED) is 0.740. The molecule has 2 rings (SSSR count). The van der Waals surface area contributed by atoms with Crippen molar-refractivity contribution in [2.75, 3.05) is 19.6 Å². The molecule has 1 aromatic rings. The predicted octanol–water partition coefficient (Wildman–Crippen LogP) is 0.836. The number of carbonyl (C=O) groups excluding carboxylic acids is 1. The Labute approximate surface area is 107 Å². The van der Waals surface area contributed by atoms with Crippen molar-refractivity contribution < 1.29 is 9.90 Å². The van der Waals surface area contributed by atoms with Crippen molar-refractivity contribution in [3.63, 3.8) is 0 Å². The first-order valence-electron chi connectivity index (χ1n) is 6.49. The molecule has 1 heterocycles. The van der Waals surface area contributed by atoms with E-state index < -0.39 is 6.10 Å². The summed E-state index contributed by atoms with van der Waals surface area (Å²) in [6, 6.07) is 9.39. The van der Waals surface area contributed by atoms with Crippen molar-refractivity contribution in [3.05, 3.63) is 35.9 Å². The number of aliphatic hydroxyl groups excluding tert-OH is 1. The van der Waals surface area contributed by atoms with Gasteiger partial charge in [-0.2, -0.15) is 0 Å². The Hall–Kier alpha value is -1.39. The molecule has 3 N–H and O–H groups in total. The summed E-state index contributed by atoms with van der Waals surface area (Å²) in [6.07, 6.45) is 1.34. The van der Waals surface area contributed by atoms with Gasteiger partial charge in [-0.15, -0.1) is 0 Å². The zero-order valence-electron chi connectivity index (χ0n) is 10.4. The Morgan fingerprint density at radius 1 is 1.44 bits per heavy atom. The van der Waals surface area contributed by atoms with Crippen molar-refractivity contribution in [2.24, 2.45) is 5.92 Å². The average Bonchev–Trinajstić information content (AvgIpc) is 2.46. The first-order chi connectivity index (χ1) is 8.77. The van der Waals surface area contributed by atoms with E-state index in [0.717, 1.165) is 31.5 Å². The van der Waals surface area contributed by atoms with E-state index in [4.69, 9.17) is 0 Å². The number of amides is 1. The first kappa shape index (κ1) is 13.1. The molecule has 0 radical (unpaired) electrons. The van der Waals surface area contributed by atoms with Gasteiger partial charge in [-0.25, -0.2) is 0 Å². The summed E-state index contributed by atoms with van der Waals surface area (Å²) in [6.45, 7) is 2.02. The Kier molecular flexibility index (Phi) is 4.73. The van der Waals surface area contributed by atoms with Gasteiger partial charge in [0.1, 0.15) is 0 Å². The normalized spacial score (nSPS) is 21.3. The van der Waals surface area contributed by atoms with E-state index in [0.29, 0.717) is 0 Å². The molecule has 1 unspecified atom stereocenters. The Bertz CT molecular complexity index is 375. The molecule has 0 spiro atoms. The van der Waals surface area contributed by atoms with Gasteiger partial charge < -0.3 is 15.7 Å². The van der Waals surface area contributed by atoms with Crippen LogP contribution in [0.25, 0.3) is 0 Å².